The second-order valence-electron chi connectivity index (χ2n) is 7.82. The second kappa shape index (κ2) is 6.69. The van der Waals surface area contributed by atoms with E-state index in [0.29, 0.717) is 23.1 Å². The number of fused-ring (bicyclic) bond motifs is 1. The molecule has 1 saturated carbocycles. The largest absolute Gasteiger partial charge is 0.399 e. The molecule has 1 aliphatic carbocycles. The molecule has 1 saturated heterocycles. The molecule has 152 valence electrons. The molecule has 0 bridgehead atoms. The van der Waals surface area contributed by atoms with Gasteiger partial charge in [0.05, 0.1) is 29.5 Å². The highest BCUT2D eigenvalue weighted by atomic mass is 19.4. The van der Waals surface area contributed by atoms with Crippen LogP contribution in [0.1, 0.15) is 31.4 Å². The van der Waals surface area contributed by atoms with Crippen molar-refractivity contribution in [2.45, 2.75) is 43.3 Å². The average molecular weight is 402 g/mol. The van der Waals surface area contributed by atoms with E-state index in [0.717, 1.165) is 31.7 Å². The van der Waals surface area contributed by atoms with Crippen molar-refractivity contribution in [1.82, 2.24) is 24.7 Å². The van der Waals surface area contributed by atoms with Crippen LogP contribution >= 0.6 is 0 Å². The average Bonchev–Trinajstić information content (AvgIpc) is 3.43. The highest BCUT2D eigenvalue weighted by molar-refractivity contribution is 5.62. The zero-order valence-corrected chi connectivity index (χ0v) is 15.7. The van der Waals surface area contributed by atoms with Crippen LogP contribution in [0.4, 0.5) is 19.0 Å². The number of piperidine rings is 1. The maximum absolute atomic E-state index is 13.5. The van der Waals surface area contributed by atoms with Crippen molar-refractivity contribution in [3.8, 4) is 11.4 Å². The maximum Gasteiger partial charge on any atom is 0.399 e. The smallest absolute Gasteiger partial charge is 0.366 e. The van der Waals surface area contributed by atoms with Crippen LogP contribution in [-0.2, 0) is 5.41 Å². The lowest BCUT2D eigenvalue weighted by Gasteiger charge is -2.24. The van der Waals surface area contributed by atoms with Crippen LogP contribution in [-0.4, -0.2) is 44.7 Å². The van der Waals surface area contributed by atoms with Gasteiger partial charge in [-0.3, -0.25) is 9.38 Å². The van der Waals surface area contributed by atoms with Gasteiger partial charge in [-0.1, -0.05) is 6.07 Å². The van der Waals surface area contributed by atoms with Crippen molar-refractivity contribution < 1.29 is 13.2 Å². The Balaban J connectivity index is 1.49. The summed E-state index contributed by atoms with van der Waals surface area (Å²) in [5.41, 5.74) is 0.0121. The van der Waals surface area contributed by atoms with Crippen molar-refractivity contribution in [2.75, 3.05) is 18.4 Å². The topological polar surface area (TPSA) is 67.1 Å². The Bertz CT molecular complexity index is 1030. The number of halogens is 3. The summed E-state index contributed by atoms with van der Waals surface area (Å²) in [6, 6.07) is 5.94. The SMILES string of the molecule is FC(F)(F)C1(c2cn3c(-c4cccc(N[C@@H]5CCCNC5)n4)cnc3cn2)CC1. The second-order valence-corrected chi connectivity index (χ2v) is 7.82. The third-order valence-electron chi connectivity index (χ3n) is 5.84. The fourth-order valence-corrected chi connectivity index (χ4v) is 3.98. The highest BCUT2D eigenvalue weighted by Gasteiger charge is 2.65. The molecule has 3 aromatic rings. The minimum atomic E-state index is -4.30. The van der Waals surface area contributed by atoms with Crippen LogP contribution in [0.3, 0.4) is 0 Å². The van der Waals surface area contributed by atoms with Crippen molar-refractivity contribution in [1.29, 1.82) is 0 Å². The first-order chi connectivity index (χ1) is 14.0. The van der Waals surface area contributed by atoms with Gasteiger partial charge < -0.3 is 10.6 Å². The molecule has 29 heavy (non-hydrogen) atoms. The Kier molecular flexibility index (Phi) is 4.23. The number of nitrogens with one attached hydrogen (secondary N) is 2. The van der Waals surface area contributed by atoms with Gasteiger partial charge in [-0.15, -0.1) is 0 Å². The summed E-state index contributed by atoms with van der Waals surface area (Å²) in [5.74, 6) is 0.745. The molecule has 0 amide bonds. The van der Waals surface area contributed by atoms with E-state index < -0.39 is 11.6 Å². The Morgan fingerprint density at radius 3 is 2.76 bits per heavy atom. The number of anilines is 1. The Hall–Kier alpha value is -2.68. The van der Waals surface area contributed by atoms with E-state index in [2.05, 4.69) is 25.6 Å². The van der Waals surface area contributed by atoms with E-state index in [9.17, 15) is 13.2 Å². The minimum absolute atomic E-state index is 0.0410. The van der Waals surface area contributed by atoms with Gasteiger partial charge in [0.15, 0.2) is 5.65 Å². The standard InChI is InChI=1S/C20H21F3N6/c21-20(22,23)19(6-7-19)16-12-29-15(10-26-18(29)11-25-16)14-4-1-5-17(28-14)27-13-3-2-8-24-9-13/h1,4-5,10-13,24H,2-3,6-9H2,(H,27,28)/t13-/m1/s1. The Morgan fingerprint density at radius 2 is 2.03 bits per heavy atom. The lowest BCUT2D eigenvalue weighted by molar-refractivity contribution is -0.161. The number of hydrogen-bond acceptors (Lipinski definition) is 5. The van der Waals surface area contributed by atoms with Gasteiger partial charge in [-0.2, -0.15) is 13.2 Å². The number of rotatable bonds is 4. The van der Waals surface area contributed by atoms with Gasteiger partial charge in [-0.25, -0.2) is 9.97 Å². The predicted octanol–water partition coefficient (Wildman–Crippen LogP) is 3.55. The van der Waals surface area contributed by atoms with Crippen LogP contribution in [0.25, 0.3) is 17.0 Å². The molecule has 1 aliphatic heterocycles. The third kappa shape index (κ3) is 3.23. The van der Waals surface area contributed by atoms with Gasteiger partial charge in [0.1, 0.15) is 11.2 Å². The quantitative estimate of drug-likeness (QED) is 0.699. The predicted molar refractivity (Wildman–Crippen MR) is 103 cm³/mol. The molecule has 0 spiro atoms. The Morgan fingerprint density at radius 1 is 1.17 bits per heavy atom. The van der Waals surface area contributed by atoms with Crippen LogP contribution < -0.4 is 10.6 Å². The lowest BCUT2D eigenvalue weighted by Crippen LogP contribution is -2.38. The molecule has 3 aromatic heterocycles. The zero-order chi connectivity index (χ0) is 20.1. The first-order valence-corrected chi connectivity index (χ1v) is 9.81. The van der Waals surface area contributed by atoms with Crippen LogP contribution in [0, 0.1) is 0 Å². The van der Waals surface area contributed by atoms with E-state index in [-0.39, 0.29) is 18.5 Å². The summed E-state index contributed by atoms with van der Waals surface area (Å²) >= 11 is 0. The van der Waals surface area contributed by atoms with E-state index >= 15 is 0 Å². The van der Waals surface area contributed by atoms with Gasteiger partial charge in [0.2, 0.25) is 0 Å². The molecule has 4 heterocycles. The fraction of sp³-hybridized carbons (Fsp3) is 0.450. The number of imidazole rings is 1. The van der Waals surface area contributed by atoms with Crippen molar-refractivity contribution in [3.63, 3.8) is 0 Å². The van der Waals surface area contributed by atoms with Gasteiger partial charge in [0, 0.05) is 18.8 Å². The number of hydrogen-bond donors (Lipinski definition) is 2. The van der Waals surface area contributed by atoms with Crippen molar-refractivity contribution in [3.05, 3.63) is 42.5 Å². The molecule has 0 radical (unpaired) electrons. The van der Waals surface area contributed by atoms with E-state index in [1.54, 1.807) is 10.6 Å². The molecule has 9 heteroatoms. The van der Waals surface area contributed by atoms with Crippen molar-refractivity contribution >= 4 is 11.5 Å². The molecule has 1 atom stereocenters. The maximum atomic E-state index is 13.5. The molecule has 0 unspecified atom stereocenters. The van der Waals surface area contributed by atoms with Gasteiger partial charge in [-0.05, 0) is 44.4 Å². The van der Waals surface area contributed by atoms with Crippen LogP contribution in [0.2, 0.25) is 0 Å². The molecule has 6 nitrogen and oxygen atoms in total. The first kappa shape index (κ1) is 18.4. The fourth-order valence-electron chi connectivity index (χ4n) is 3.98. The van der Waals surface area contributed by atoms with Crippen molar-refractivity contribution in [2.24, 2.45) is 0 Å². The summed E-state index contributed by atoms with van der Waals surface area (Å²) in [4.78, 5) is 13.0. The van der Waals surface area contributed by atoms with E-state index in [1.165, 1.54) is 12.4 Å². The van der Waals surface area contributed by atoms with Crippen LogP contribution in [0.15, 0.2) is 36.8 Å². The number of aromatic nitrogens is 4. The lowest BCUT2D eigenvalue weighted by atomic mass is 10.0. The monoisotopic (exact) mass is 402 g/mol. The van der Waals surface area contributed by atoms with E-state index in [4.69, 9.17) is 0 Å². The molecular weight excluding hydrogens is 381 g/mol. The summed E-state index contributed by atoms with van der Waals surface area (Å²) < 4.78 is 42.2. The Labute approximate surface area is 165 Å². The molecule has 2 N–H and O–H groups in total. The minimum Gasteiger partial charge on any atom is -0.366 e. The molecular formula is C20H21F3N6. The molecule has 5 rings (SSSR count). The number of nitrogens with zero attached hydrogens (tertiary/aromatic N) is 4. The number of pyridine rings is 1. The first-order valence-electron chi connectivity index (χ1n) is 9.81. The molecule has 2 fully saturated rings. The van der Waals surface area contributed by atoms with Crippen LogP contribution in [0.5, 0.6) is 0 Å². The van der Waals surface area contributed by atoms with Gasteiger partial charge in [0.25, 0.3) is 0 Å². The summed E-state index contributed by atoms with van der Waals surface area (Å²) in [6.07, 6.45) is 2.53. The summed E-state index contributed by atoms with van der Waals surface area (Å²) in [5, 5.41) is 6.79. The molecule has 2 aliphatic rings. The normalized spacial score (nSPS) is 21.3. The third-order valence-corrected chi connectivity index (χ3v) is 5.84. The van der Waals surface area contributed by atoms with E-state index in [1.807, 2.05) is 18.2 Å². The summed E-state index contributed by atoms with van der Waals surface area (Å²) in [6.45, 7) is 1.92. The van der Waals surface area contributed by atoms with Gasteiger partial charge >= 0.3 is 6.18 Å². The molecule has 0 aromatic carbocycles. The summed E-state index contributed by atoms with van der Waals surface area (Å²) in [7, 11) is 0. The zero-order valence-electron chi connectivity index (χ0n) is 15.7. The highest BCUT2D eigenvalue weighted by Crippen LogP contribution is 2.58. The number of alkyl halides is 3.